The summed E-state index contributed by atoms with van der Waals surface area (Å²) in [6, 6.07) is 17.9. The smallest absolute Gasteiger partial charge is 0.417 e. The van der Waals surface area contributed by atoms with Gasteiger partial charge in [-0.3, -0.25) is 10.2 Å². The van der Waals surface area contributed by atoms with Crippen molar-refractivity contribution in [1.82, 2.24) is 14.9 Å². The molecule has 3 aliphatic rings. The molecule has 0 spiro atoms. The number of para-hydroxylation sites is 1. The normalized spacial score (nSPS) is 23.2. The predicted octanol–water partition coefficient (Wildman–Crippen LogP) is 5.33. The number of amides is 2. The number of hydrogen-bond acceptors (Lipinski definition) is 9. The number of nitrogens with one attached hydrogen (secondary N) is 1. The van der Waals surface area contributed by atoms with E-state index in [4.69, 9.17) is 19.4 Å². The minimum Gasteiger partial charge on any atom is -0.465 e. The molecule has 0 radical (unpaired) electrons. The first kappa shape index (κ1) is 32.5. The predicted molar refractivity (Wildman–Crippen MR) is 177 cm³/mol. The summed E-state index contributed by atoms with van der Waals surface area (Å²) in [4.78, 5) is 38.0. The second-order valence-corrected chi connectivity index (χ2v) is 14.6. The molecule has 3 fully saturated rings. The number of hydrogen-bond donors (Lipinski definition) is 2. The van der Waals surface area contributed by atoms with Gasteiger partial charge in [0, 0.05) is 35.8 Å². The van der Waals surface area contributed by atoms with Crippen LogP contribution in [-0.2, 0) is 20.0 Å². The van der Waals surface area contributed by atoms with Gasteiger partial charge in [-0.05, 0) is 74.9 Å². The Balaban J connectivity index is 1.37. The summed E-state index contributed by atoms with van der Waals surface area (Å²) < 4.78 is 37.9. The third-order valence-corrected chi connectivity index (χ3v) is 11.2. The lowest BCUT2D eigenvalue weighted by Gasteiger charge is -2.45. The molecule has 2 amide bonds. The van der Waals surface area contributed by atoms with E-state index in [1.54, 1.807) is 36.4 Å². The van der Waals surface area contributed by atoms with Gasteiger partial charge >= 0.3 is 12.2 Å². The van der Waals surface area contributed by atoms with Crippen LogP contribution in [0, 0.1) is 5.92 Å². The lowest BCUT2D eigenvalue weighted by Crippen LogP contribution is -2.55. The van der Waals surface area contributed by atoms with Crippen molar-refractivity contribution in [1.29, 1.82) is 0 Å². The molecular weight excluding hydrogens is 622 g/mol. The van der Waals surface area contributed by atoms with Gasteiger partial charge in [-0.1, -0.05) is 24.3 Å². The zero-order valence-electron chi connectivity index (χ0n) is 26.2. The fraction of sp³-hybridized carbons (Fsp3) is 0.412. The molecule has 47 heavy (non-hydrogen) atoms. The number of nitrogens with zero attached hydrogens (tertiary/aromatic N) is 4. The molecule has 3 atom stereocenters. The second kappa shape index (κ2) is 13.3. The van der Waals surface area contributed by atoms with E-state index in [1.807, 2.05) is 24.3 Å². The number of carbonyl (C=O) groups is 2. The molecule has 1 aliphatic carbocycles. The highest BCUT2D eigenvalue weighted by atomic mass is 32.2. The minimum absolute atomic E-state index is 0.0491. The van der Waals surface area contributed by atoms with Crippen LogP contribution in [0.15, 0.2) is 73.3 Å². The summed E-state index contributed by atoms with van der Waals surface area (Å²) in [5.74, 6) is 1.45. The number of ether oxygens (including phenoxy) is 2. The van der Waals surface area contributed by atoms with Crippen molar-refractivity contribution < 1.29 is 32.6 Å². The maximum atomic E-state index is 13.4. The van der Waals surface area contributed by atoms with E-state index >= 15 is 0 Å². The van der Waals surface area contributed by atoms with Gasteiger partial charge in [-0.15, -0.1) is 6.58 Å². The summed E-state index contributed by atoms with van der Waals surface area (Å²) >= 11 is 0. The second-order valence-electron chi connectivity index (χ2n) is 12.4. The summed E-state index contributed by atoms with van der Waals surface area (Å²) in [7, 11) is -3.84. The van der Waals surface area contributed by atoms with Gasteiger partial charge < -0.3 is 19.5 Å². The van der Waals surface area contributed by atoms with E-state index in [2.05, 4.69) is 23.7 Å². The Morgan fingerprint density at radius 3 is 2.53 bits per heavy atom. The van der Waals surface area contributed by atoms with E-state index in [0.717, 1.165) is 23.4 Å². The van der Waals surface area contributed by atoms with Crippen LogP contribution >= 0.6 is 0 Å². The first-order valence-electron chi connectivity index (χ1n) is 15.8. The van der Waals surface area contributed by atoms with Crippen LogP contribution in [0.4, 0.5) is 21.1 Å². The third-order valence-electron chi connectivity index (χ3n) is 9.28. The van der Waals surface area contributed by atoms with Crippen molar-refractivity contribution in [2.45, 2.75) is 49.4 Å². The maximum Gasteiger partial charge on any atom is 0.417 e. The number of carbonyl (C=O) groups excluding carboxylic acids is 1. The van der Waals surface area contributed by atoms with E-state index in [9.17, 15) is 23.1 Å². The van der Waals surface area contributed by atoms with Gasteiger partial charge in [0.15, 0.2) is 15.7 Å². The van der Waals surface area contributed by atoms with Gasteiger partial charge in [-0.2, -0.15) is 0 Å². The van der Waals surface area contributed by atoms with Crippen LogP contribution in [-0.4, -0.2) is 84.1 Å². The molecule has 248 valence electrons. The number of morpholine rings is 1. The van der Waals surface area contributed by atoms with Crippen LogP contribution in [0.5, 0.6) is 5.75 Å². The molecule has 2 unspecified atom stereocenters. The van der Waals surface area contributed by atoms with Crippen molar-refractivity contribution >= 4 is 33.5 Å². The van der Waals surface area contributed by atoms with Crippen LogP contribution in [0.25, 0.3) is 11.4 Å². The lowest BCUT2D eigenvalue weighted by molar-refractivity contribution is 0.0950. The number of sulfone groups is 1. The molecule has 2 N–H and O–H groups in total. The molecule has 1 aromatic heterocycles. The number of benzene rings is 2. The number of anilines is 2. The molecule has 2 aliphatic heterocycles. The standard InChI is InChI=1S/C34H39N5O7S/c1-3-19-47(43,44)30-21-34(25-11-12-25,15-16-39(30)33(41)42)28-20-29(38-17-18-45-22-23(38)2)37-31(36-28)24-9-13-26(14-10-24)35-32(40)46-27-7-5-4-6-8-27/h3-10,13-14,20,23,25,30H,1,11-12,15-19,21-22H2,2H3,(H,35,40)(H,41,42)/t23-,30?,34?/m0/s1. The fourth-order valence-electron chi connectivity index (χ4n) is 6.73. The molecule has 2 saturated heterocycles. The zero-order chi connectivity index (χ0) is 33.2. The number of aromatic nitrogens is 2. The van der Waals surface area contributed by atoms with Gasteiger partial charge in [-0.25, -0.2) is 28.0 Å². The Bertz CT molecular complexity index is 1730. The van der Waals surface area contributed by atoms with E-state index in [1.165, 1.54) is 6.08 Å². The van der Waals surface area contributed by atoms with Crippen molar-refractivity contribution in [3.63, 3.8) is 0 Å². The SMILES string of the molecule is C=CCS(=O)(=O)C1CC(c2cc(N3CCOC[C@@H]3C)nc(-c3ccc(NC(=O)Oc4ccccc4)cc3)n2)(C2CC2)CCN1C(=O)O. The van der Waals surface area contributed by atoms with Crippen LogP contribution in [0.2, 0.25) is 0 Å². The Morgan fingerprint density at radius 1 is 1.13 bits per heavy atom. The van der Waals surface area contributed by atoms with Gasteiger partial charge in [0.25, 0.3) is 0 Å². The van der Waals surface area contributed by atoms with E-state index in [0.29, 0.717) is 54.8 Å². The Hall–Kier alpha value is -4.49. The lowest BCUT2D eigenvalue weighted by atomic mass is 9.71. The first-order valence-corrected chi connectivity index (χ1v) is 17.5. The average molecular weight is 662 g/mol. The number of piperidine rings is 1. The molecule has 3 aromatic rings. The van der Waals surface area contributed by atoms with E-state index in [-0.39, 0.29) is 30.7 Å². The van der Waals surface area contributed by atoms with Crippen LogP contribution in [0.3, 0.4) is 0 Å². The highest BCUT2D eigenvalue weighted by molar-refractivity contribution is 7.92. The molecule has 3 heterocycles. The molecular formula is C34H39N5O7S. The van der Waals surface area contributed by atoms with Crippen molar-refractivity contribution in [3.05, 3.63) is 79.0 Å². The fourth-order valence-corrected chi connectivity index (χ4v) is 8.41. The first-order chi connectivity index (χ1) is 22.6. The maximum absolute atomic E-state index is 13.4. The summed E-state index contributed by atoms with van der Waals surface area (Å²) in [5, 5.41) is 11.5. The zero-order valence-corrected chi connectivity index (χ0v) is 27.1. The number of likely N-dealkylation sites (tertiary alicyclic amines) is 1. The topological polar surface area (TPSA) is 151 Å². The molecule has 12 nitrogen and oxygen atoms in total. The molecule has 13 heteroatoms. The average Bonchev–Trinajstić information content (AvgIpc) is 3.92. The number of carboxylic acid groups (broad SMARTS) is 1. The summed E-state index contributed by atoms with van der Waals surface area (Å²) in [6.45, 7) is 7.45. The van der Waals surface area contributed by atoms with E-state index < -0.39 is 32.8 Å². The highest BCUT2D eigenvalue weighted by Crippen LogP contribution is 2.55. The Kier molecular flexibility index (Phi) is 9.20. The van der Waals surface area contributed by atoms with Gasteiger partial charge in [0.1, 0.15) is 16.9 Å². The molecule has 0 bridgehead atoms. The van der Waals surface area contributed by atoms with Crippen molar-refractivity contribution in [2.24, 2.45) is 5.92 Å². The summed E-state index contributed by atoms with van der Waals surface area (Å²) in [6.07, 6.45) is 1.81. The summed E-state index contributed by atoms with van der Waals surface area (Å²) in [5.41, 5.74) is 1.30. The van der Waals surface area contributed by atoms with Gasteiger partial charge in [0.2, 0.25) is 0 Å². The quantitative estimate of drug-likeness (QED) is 0.288. The molecule has 1 saturated carbocycles. The number of rotatable bonds is 9. The Morgan fingerprint density at radius 2 is 1.87 bits per heavy atom. The monoisotopic (exact) mass is 661 g/mol. The third kappa shape index (κ3) is 6.96. The van der Waals surface area contributed by atoms with Crippen LogP contribution < -0.4 is 15.0 Å². The van der Waals surface area contributed by atoms with Crippen LogP contribution in [0.1, 0.15) is 38.3 Å². The largest absolute Gasteiger partial charge is 0.465 e. The van der Waals surface area contributed by atoms with Gasteiger partial charge in [0.05, 0.1) is 30.7 Å². The molecule has 2 aromatic carbocycles. The highest BCUT2D eigenvalue weighted by Gasteiger charge is 2.55. The minimum atomic E-state index is -3.84. The van der Waals surface area contributed by atoms with Crippen molar-refractivity contribution in [3.8, 4) is 17.1 Å². The molecule has 6 rings (SSSR count). The van der Waals surface area contributed by atoms with Crippen molar-refractivity contribution in [2.75, 3.05) is 42.3 Å². The Labute approximate surface area is 274 Å².